The second-order valence-electron chi connectivity index (χ2n) is 6.10. The van der Waals surface area contributed by atoms with Crippen LogP contribution < -0.4 is 0 Å². The third-order valence-electron chi connectivity index (χ3n) is 4.02. The van der Waals surface area contributed by atoms with E-state index < -0.39 is 0 Å². The molecule has 0 radical (unpaired) electrons. The molecule has 0 N–H and O–H groups in total. The van der Waals surface area contributed by atoms with Gasteiger partial charge in [-0.05, 0) is 44.5 Å². The average Bonchev–Trinajstić information content (AvgIpc) is 3.32. The van der Waals surface area contributed by atoms with E-state index in [9.17, 15) is 4.79 Å². The van der Waals surface area contributed by atoms with Gasteiger partial charge in [-0.25, -0.2) is 0 Å². The van der Waals surface area contributed by atoms with Crippen molar-refractivity contribution in [2.24, 2.45) is 0 Å². The molecule has 0 aliphatic heterocycles. The van der Waals surface area contributed by atoms with E-state index in [4.69, 9.17) is 9.15 Å². The van der Waals surface area contributed by atoms with Gasteiger partial charge in [0.1, 0.15) is 5.25 Å². The highest BCUT2D eigenvalue weighted by Crippen LogP contribution is 2.32. The Morgan fingerprint density at radius 3 is 2.63 bits per heavy atom. The van der Waals surface area contributed by atoms with Crippen LogP contribution >= 0.6 is 11.8 Å². The molecule has 1 atom stereocenters. The van der Waals surface area contributed by atoms with E-state index in [1.807, 2.05) is 61.7 Å². The summed E-state index contributed by atoms with van der Waals surface area (Å²) in [6.07, 6.45) is 3.19. The molecule has 27 heavy (non-hydrogen) atoms. The molecule has 3 rings (SSSR count). The summed E-state index contributed by atoms with van der Waals surface area (Å²) < 4.78 is 12.7. The molecule has 1 aromatic carbocycles. The molecule has 6 nitrogen and oxygen atoms in total. The summed E-state index contributed by atoms with van der Waals surface area (Å²) in [7, 11) is 0. The topological polar surface area (TPSA) is 70.2 Å². The van der Waals surface area contributed by atoms with E-state index in [1.54, 1.807) is 6.26 Å². The fourth-order valence-corrected chi connectivity index (χ4v) is 3.85. The Morgan fingerprint density at radius 2 is 2.00 bits per heavy atom. The predicted molar refractivity (Wildman–Crippen MR) is 105 cm³/mol. The van der Waals surface area contributed by atoms with Gasteiger partial charge in [0.05, 0.1) is 12.9 Å². The van der Waals surface area contributed by atoms with Crippen LogP contribution in [0, 0.1) is 6.92 Å². The molecule has 0 fully saturated rings. The van der Waals surface area contributed by atoms with Crippen molar-refractivity contribution in [3.05, 3.63) is 48.2 Å². The standard InChI is InChI=1S/C20H23N3O3S/c1-4-7-17(19(24)25-5-2)27-20-22-21-18(16-8-6-13-26-16)23(20)15-11-9-14(3)10-12-15/h6,8-13,17H,4-5,7H2,1-3H3/t17-/m1/s1. The lowest BCUT2D eigenvalue weighted by molar-refractivity contribution is -0.142. The number of esters is 1. The van der Waals surface area contributed by atoms with Crippen LogP contribution in [0.3, 0.4) is 0 Å². The van der Waals surface area contributed by atoms with Crippen LogP contribution in [0.1, 0.15) is 32.3 Å². The van der Waals surface area contributed by atoms with Crippen LogP contribution in [0.15, 0.2) is 52.2 Å². The maximum atomic E-state index is 12.3. The summed E-state index contributed by atoms with van der Waals surface area (Å²) in [4.78, 5) is 12.3. The summed E-state index contributed by atoms with van der Waals surface area (Å²) in [5.74, 6) is 1.01. The van der Waals surface area contributed by atoms with Crippen molar-refractivity contribution >= 4 is 17.7 Å². The molecule has 142 valence electrons. The molecule has 2 aromatic heterocycles. The third kappa shape index (κ3) is 4.42. The van der Waals surface area contributed by atoms with E-state index in [2.05, 4.69) is 10.2 Å². The minimum Gasteiger partial charge on any atom is -0.465 e. The lowest BCUT2D eigenvalue weighted by Crippen LogP contribution is -2.20. The van der Waals surface area contributed by atoms with Gasteiger partial charge in [-0.2, -0.15) is 0 Å². The zero-order valence-corrected chi connectivity index (χ0v) is 16.5. The number of ether oxygens (including phenoxy) is 1. The molecule has 0 aliphatic rings. The van der Waals surface area contributed by atoms with Crippen LogP contribution in [-0.4, -0.2) is 32.6 Å². The van der Waals surface area contributed by atoms with E-state index >= 15 is 0 Å². The summed E-state index contributed by atoms with van der Waals surface area (Å²) in [6, 6.07) is 11.7. The van der Waals surface area contributed by atoms with Crippen molar-refractivity contribution in [1.82, 2.24) is 14.8 Å². The lowest BCUT2D eigenvalue weighted by atomic mass is 10.2. The highest BCUT2D eigenvalue weighted by molar-refractivity contribution is 8.00. The molecular formula is C20H23N3O3S. The largest absolute Gasteiger partial charge is 0.465 e. The van der Waals surface area contributed by atoms with Crippen molar-refractivity contribution in [3.8, 4) is 17.3 Å². The van der Waals surface area contributed by atoms with Gasteiger partial charge >= 0.3 is 5.97 Å². The number of nitrogens with zero attached hydrogens (tertiary/aromatic N) is 3. The number of furan rings is 1. The average molecular weight is 385 g/mol. The van der Waals surface area contributed by atoms with Crippen molar-refractivity contribution in [2.75, 3.05) is 6.61 Å². The number of carbonyl (C=O) groups is 1. The molecule has 2 heterocycles. The van der Waals surface area contributed by atoms with Crippen LogP contribution in [-0.2, 0) is 9.53 Å². The Kier molecular flexibility index (Phi) is 6.34. The Hall–Kier alpha value is -2.54. The summed E-state index contributed by atoms with van der Waals surface area (Å²) >= 11 is 1.38. The van der Waals surface area contributed by atoms with Crippen molar-refractivity contribution in [1.29, 1.82) is 0 Å². The number of carbonyl (C=O) groups excluding carboxylic acids is 1. The summed E-state index contributed by atoms with van der Waals surface area (Å²) in [5.41, 5.74) is 2.08. The first-order valence-corrected chi connectivity index (χ1v) is 9.91. The molecule has 0 saturated heterocycles. The normalized spacial score (nSPS) is 12.1. The number of aromatic nitrogens is 3. The first kappa shape index (κ1) is 19.2. The van der Waals surface area contributed by atoms with E-state index in [0.717, 1.165) is 17.7 Å². The van der Waals surface area contributed by atoms with E-state index in [-0.39, 0.29) is 11.2 Å². The Labute approximate surface area is 162 Å². The zero-order valence-electron chi connectivity index (χ0n) is 15.7. The summed E-state index contributed by atoms with van der Waals surface area (Å²) in [6.45, 7) is 6.26. The third-order valence-corrected chi connectivity index (χ3v) is 5.20. The Balaban J connectivity index is 2.02. The predicted octanol–water partition coefficient (Wildman–Crippen LogP) is 4.66. The Morgan fingerprint density at radius 1 is 1.22 bits per heavy atom. The SMILES string of the molecule is CCC[C@@H](Sc1nnc(-c2ccco2)n1-c1ccc(C)cc1)C(=O)OCC. The van der Waals surface area contributed by atoms with Gasteiger partial charge in [-0.1, -0.05) is 42.8 Å². The van der Waals surface area contributed by atoms with Gasteiger partial charge in [0, 0.05) is 5.69 Å². The second kappa shape index (κ2) is 8.90. The van der Waals surface area contributed by atoms with Crippen LogP contribution in [0.5, 0.6) is 0 Å². The van der Waals surface area contributed by atoms with Crippen LogP contribution in [0.4, 0.5) is 0 Å². The Bertz CT molecular complexity index is 873. The maximum Gasteiger partial charge on any atom is 0.319 e. The number of thioether (sulfide) groups is 1. The number of aryl methyl sites for hydroxylation is 1. The van der Waals surface area contributed by atoms with Crippen LogP contribution in [0.25, 0.3) is 17.3 Å². The molecule has 0 saturated carbocycles. The molecule has 3 aromatic rings. The molecule has 0 bridgehead atoms. The fourth-order valence-electron chi connectivity index (χ4n) is 2.69. The van der Waals surface area contributed by atoms with Crippen molar-refractivity contribution in [3.63, 3.8) is 0 Å². The van der Waals surface area contributed by atoms with Gasteiger partial charge in [0.25, 0.3) is 0 Å². The summed E-state index contributed by atoms with van der Waals surface area (Å²) in [5, 5.41) is 8.98. The molecule has 0 aliphatic carbocycles. The molecule has 7 heteroatoms. The first-order chi connectivity index (χ1) is 13.1. The molecular weight excluding hydrogens is 362 g/mol. The van der Waals surface area contributed by atoms with Gasteiger partial charge < -0.3 is 9.15 Å². The van der Waals surface area contributed by atoms with Crippen LogP contribution in [0.2, 0.25) is 0 Å². The van der Waals surface area contributed by atoms with Gasteiger partial charge in [0.15, 0.2) is 10.9 Å². The van der Waals surface area contributed by atoms with Gasteiger partial charge in [-0.15, -0.1) is 10.2 Å². The van der Waals surface area contributed by atoms with Crippen molar-refractivity contribution in [2.45, 2.75) is 44.0 Å². The van der Waals surface area contributed by atoms with Crippen molar-refractivity contribution < 1.29 is 13.9 Å². The highest BCUT2D eigenvalue weighted by Gasteiger charge is 2.26. The van der Waals surface area contributed by atoms with E-state index in [1.165, 1.54) is 11.8 Å². The first-order valence-electron chi connectivity index (χ1n) is 9.03. The lowest BCUT2D eigenvalue weighted by Gasteiger charge is -2.15. The number of benzene rings is 1. The maximum absolute atomic E-state index is 12.3. The zero-order chi connectivity index (χ0) is 19.2. The van der Waals surface area contributed by atoms with Gasteiger partial charge in [-0.3, -0.25) is 9.36 Å². The number of hydrogen-bond acceptors (Lipinski definition) is 6. The molecule has 0 amide bonds. The van der Waals surface area contributed by atoms with Gasteiger partial charge in [0.2, 0.25) is 5.82 Å². The minimum absolute atomic E-state index is 0.220. The van der Waals surface area contributed by atoms with E-state index in [0.29, 0.717) is 29.8 Å². The number of hydrogen-bond donors (Lipinski definition) is 0. The number of rotatable bonds is 8. The minimum atomic E-state index is -0.326. The quantitative estimate of drug-likeness (QED) is 0.415. The smallest absolute Gasteiger partial charge is 0.319 e. The fraction of sp³-hybridized carbons (Fsp3) is 0.350. The monoisotopic (exact) mass is 385 g/mol. The second-order valence-corrected chi connectivity index (χ2v) is 7.27. The molecule has 0 unspecified atom stereocenters. The highest BCUT2D eigenvalue weighted by atomic mass is 32.2. The molecule has 0 spiro atoms.